The molecule has 1 aliphatic carbocycles. The maximum Gasteiger partial charge on any atom is 0.268 e. The molecule has 3 aromatic rings. The topological polar surface area (TPSA) is 71.0 Å². The predicted octanol–water partition coefficient (Wildman–Crippen LogP) is 4.14. The van der Waals surface area contributed by atoms with Gasteiger partial charge in [0.25, 0.3) is 11.5 Å². The number of H-pyrrole nitrogens is 1. The lowest BCUT2D eigenvalue weighted by Gasteiger charge is -2.19. The van der Waals surface area contributed by atoms with E-state index in [1.165, 1.54) is 17.7 Å². The van der Waals surface area contributed by atoms with E-state index in [-0.39, 0.29) is 17.0 Å². The smallest absolute Gasteiger partial charge is 0.268 e. The Morgan fingerprint density at radius 3 is 2.77 bits per heavy atom. The van der Waals surface area contributed by atoms with Crippen LogP contribution in [0.5, 0.6) is 0 Å². The summed E-state index contributed by atoms with van der Waals surface area (Å²) in [5.74, 6) is 0.0811. The predicted molar refractivity (Wildman–Crippen MR) is 122 cm³/mol. The molecule has 1 amide bonds. The molecule has 1 aliphatic rings. The summed E-state index contributed by atoms with van der Waals surface area (Å²) in [5, 5.41) is 7.57. The molecule has 0 saturated carbocycles. The number of rotatable bonds is 5. The Morgan fingerprint density at radius 1 is 1.23 bits per heavy atom. The van der Waals surface area contributed by atoms with Gasteiger partial charge in [-0.3, -0.25) is 19.3 Å². The van der Waals surface area contributed by atoms with Crippen molar-refractivity contribution in [1.82, 2.24) is 19.7 Å². The third-order valence-corrected chi connectivity index (χ3v) is 6.21. The summed E-state index contributed by atoms with van der Waals surface area (Å²) >= 11 is 0. The number of aryl methyl sites for hydroxylation is 2. The molecule has 6 heteroatoms. The molecular formula is C25H30N4O2. The van der Waals surface area contributed by atoms with E-state index >= 15 is 0 Å². The van der Waals surface area contributed by atoms with Crippen LogP contribution in [0.2, 0.25) is 0 Å². The molecule has 4 rings (SSSR count). The number of carbonyl (C=O) groups is 1. The molecule has 0 bridgehead atoms. The SMILES string of the molecule is Cc1ccn(-c2cccc(C(C)C)c2)c(=O)c1C(=O)N(C)Cc1n[nH]c2c1CCCC2. The number of nitrogens with zero attached hydrogens (tertiary/aromatic N) is 3. The van der Waals surface area contributed by atoms with Crippen LogP contribution >= 0.6 is 0 Å². The minimum Gasteiger partial charge on any atom is -0.336 e. The number of fused-ring (bicyclic) bond motifs is 1. The van der Waals surface area contributed by atoms with Gasteiger partial charge in [0.05, 0.1) is 12.2 Å². The second-order valence-electron chi connectivity index (χ2n) is 8.79. The first-order valence-corrected chi connectivity index (χ1v) is 11.0. The zero-order valence-corrected chi connectivity index (χ0v) is 18.7. The molecule has 6 nitrogen and oxygen atoms in total. The number of hydrogen-bond donors (Lipinski definition) is 1. The molecule has 1 N–H and O–H groups in total. The van der Waals surface area contributed by atoms with Crippen LogP contribution in [0.25, 0.3) is 5.69 Å². The largest absolute Gasteiger partial charge is 0.336 e. The molecular weight excluding hydrogens is 388 g/mol. The summed E-state index contributed by atoms with van der Waals surface area (Å²) in [6, 6.07) is 9.75. The van der Waals surface area contributed by atoms with E-state index in [0.717, 1.165) is 36.2 Å². The van der Waals surface area contributed by atoms with Gasteiger partial charge in [-0.05, 0) is 73.4 Å². The lowest BCUT2D eigenvalue weighted by molar-refractivity contribution is 0.0780. The molecule has 0 fully saturated rings. The zero-order chi connectivity index (χ0) is 22.1. The third kappa shape index (κ3) is 4.07. The fraction of sp³-hybridized carbons (Fsp3) is 0.400. The number of hydrogen-bond acceptors (Lipinski definition) is 3. The normalized spacial score (nSPS) is 13.3. The number of pyridine rings is 1. The molecule has 1 aromatic carbocycles. The number of amides is 1. The van der Waals surface area contributed by atoms with Crippen LogP contribution in [0.15, 0.2) is 41.3 Å². The van der Waals surface area contributed by atoms with E-state index in [2.05, 4.69) is 30.1 Å². The number of nitrogens with one attached hydrogen (secondary N) is 1. The molecule has 2 aromatic heterocycles. The van der Waals surface area contributed by atoms with Gasteiger partial charge in [0.2, 0.25) is 0 Å². The van der Waals surface area contributed by atoms with E-state index in [9.17, 15) is 9.59 Å². The van der Waals surface area contributed by atoms with Crippen LogP contribution in [0.1, 0.15) is 71.0 Å². The van der Waals surface area contributed by atoms with Crippen molar-refractivity contribution >= 4 is 5.91 Å². The summed E-state index contributed by atoms with van der Waals surface area (Å²) in [6.45, 7) is 6.44. The average Bonchev–Trinajstić information content (AvgIpc) is 3.16. The highest BCUT2D eigenvalue weighted by Crippen LogP contribution is 2.23. The number of benzene rings is 1. The molecule has 0 atom stereocenters. The van der Waals surface area contributed by atoms with Gasteiger partial charge >= 0.3 is 0 Å². The highest BCUT2D eigenvalue weighted by atomic mass is 16.2. The Balaban J connectivity index is 1.65. The molecule has 0 unspecified atom stereocenters. The van der Waals surface area contributed by atoms with Crippen LogP contribution in [0.4, 0.5) is 0 Å². The van der Waals surface area contributed by atoms with Crippen molar-refractivity contribution in [2.45, 2.75) is 58.9 Å². The fourth-order valence-electron chi connectivity index (χ4n) is 4.29. The van der Waals surface area contributed by atoms with E-state index in [0.29, 0.717) is 18.0 Å². The Bertz CT molecular complexity index is 1170. The lowest BCUT2D eigenvalue weighted by Crippen LogP contribution is -2.35. The van der Waals surface area contributed by atoms with Gasteiger partial charge in [-0.2, -0.15) is 5.10 Å². The number of aromatic amines is 1. The lowest BCUT2D eigenvalue weighted by atomic mass is 9.96. The summed E-state index contributed by atoms with van der Waals surface area (Å²) < 4.78 is 1.57. The second kappa shape index (κ2) is 8.53. The van der Waals surface area contributed by atoms with E-state index < -0.39 is 0 Å². The van der Waals surface area contributed by atoms with Crippen molar-refractivity contribution in [3.63, 3.8) is 0 Å². The van der Waals surface area contributed by atoms with Crippen LogP contribution in [-0.4, -0.2) is 32.6 Å². The third-order valence-electron chi connectivity index (χ3n) is 6.21. The quantitative estimate of drug-likeness (QED) is 0.677. The first-order chi connectivity index (χ1) is 14.9. The molecule has 0 radical (unpaired) electrons. The monoisotopic (exact) mass is 418 g/mol. The van der Waals surface area contributed by atoms with Crippen LogP contribution in [0, 0.1) is 6.92 Å². The Kier molecular flexibility index (Phi) is 5.81. The van der Waals surface area contributed by atoms with Crippen molar-refractivity contribution in [3.05, 3.63) is 80.5 Å². The van der Waals surface area contributed by atoms with E-state index in [1.54, 1.807) is 22.7 Å². The van der Waals surface area contributed by atoms with Crippen LogP contribution in [0.3, 0.4) is 0 Å². The zero-order valence-electron chi connectivity index (χ0n) is 18.7. The fourth-order valence-corrected chi connectivity index (χ4v) is 4.29. The van der Waals surface area contributed by atoms with Gasteiger partial charge in [0.15, 0.2) is 0 Å². The van der Waals surface area contributed by atoms with Crippen LogP contribution in [-0.2, 0) is 19.4 Å². The van der Waals surface area contributed by atoms with Gasteiger partial charge in [-0.15, -0.1) is 0 Å². The molecule has 162 valence electrons. The highest BCUT2D eigenvalue weighted by molar-refractivity contribution is 5.95. The summed E-state index contributed by atoms with van der Waals surface area (Å²) in [5.41, 5.74) is 5.86. The summed E-state index contributed by atoms with van der Waals surface area (Å²) in [7, 11) is 1.74. The van der Waals surface area contributed by atoms with E-state index in [1.807, 2.05) is 31.2 Å². The van der Waals surface area contributed by atoms with E-state index in [4.69, 9.17) is 0 Å². The second-order valence-corrected chi connectivity index (χ2v) is 8.79. The number of aromatic nitrogens is 3. The minimum atomic E-state index is -0.290. The van der Waals surface area contributed by atoms with Crippen molar-refractivity contribution in [2.24, 2.45) is 0 Å². The Morgan fingerprint density at radius 2 is 2.00 bits per heavy atom. The Hall–Kier alpha value is -3.15. The standard InChI is InChI=1S/C25H30N4O2/c1-16(2)18-8-7-9-19(14-18)29-13-12-17(3)23(25(29)31)24(30)28(4)15-22-20-10-5-6-11-21(20)26-27-22/h7-9,12-14,16H,5-6,10-11,15H2,1-4H3,(H,26,27). The van der Waals surface area contributed by atoms with Gasteiger partial charge in [-0.1, -0.05) is 26.0 Å². The first-order valence-electron chi connectivity index (χ1n) is 11.0. The molecule has 2 heterocycles. The van der Waals surface area contributed by atoms with Gasteiger partial charge < -0.3 is 4.90 Å². The van der Waals surface area contributed by atoms with Crippen molar-refractivity contribution in [1.29, 1.82) is 0 Å². The molecule has 31 heavy (non-hydrogen) atoms. The molecule has 0 saturated heterocycles. The maximum absolute atomic E-state index is 13.3. The van der Waals surface area contributed by atoms with Gasteiger partial charge in [0, 0.05) is 24.6 Å². The number of carbonyl (C=O) groups excluding carboxylic acids is 1. The average molecular weight is 419 g/mol. The van der Waals surface area contributed by atoms with Crippen molar-refractivity contribution < 1.29 is 4.79 Å². The minimum absolute atomic E-state index is 0.212. The van der Waals surface area contributed by atoms with Gasteiger partial charge in [0.1, 0.15) is 5.56 Å². The maximum atomic E-state index is 13.3. The summed E-state index contributed by atoms with van der Waals surface area (Å²) in [4.78, 5) is 28.3. The highest BCUT2D eigenvalue weighted by Gasteiger charge is 2.23. The van der Waals surface area contributed by atoms with Crippen LogP contribution < -0.4 is 5.56 Å². The van der Waals surface area contributed by atoms with Crippen molar-refractivity contribution in [3.8, 4) is 5.69 Å². The molecule has 0 spiro atoms. The van der Waals surface area contributed by atoms with Crippen molar-refractivity contribution in [2.75, 3.05) is 7.05 Å². The van der Waals surface area contributed by atoms with Gasteiger partial charge in [-0.25, -0.2) is 0 Å². The summed E-state index contributed by atoms with van der Waals surface area (Å²) in [6.07, 6.45) is 6.07. The Labute approximate surface area is 182 Å². The first kappa shape index (κ1) is 21.1. The molecule has 0 aliphatic heterocycles.